The van der Waals surface area contributed by atoms with Gasteiger partial charge in [-0.2, -0.15) is 0 Å². The van der Waals surface area contributed by atoms with Gasteiger partial charge < -0.3 is 15.7 Å². The van der Waals surface area contributed by atoms with Gasteiger partial charge in [-0.25, -0.2) is 0 Å². The Kier molecular flexibility index (Phi) is 4.28. The van der Waals surface area contributed by atoms with Crippen LogP contribution in [0.5, 0.6) is 5.75 Å². The molecule has 1 amide bonds. The maximum absolute atomic E-state index is 11.5. The summed E-state index contributed by atoms with van der Waals surface area (Å²) in [7, 11) is 0. The normalized spacial score (nSPS) is 13.9. The first kappa shape index (κ1) is 15.1. The molecular weight excluding hydrogens is 290 g/mol. The van der Waals surface area contributed by atoms with Crippen LogP contribution in [0.25, 0.3) is 0 Å². The monoisotopic (exact) mass is 309 g/mol. The first-order chi connectivity index (χ1) is 11.2. The van der Waals surface area contributed by atoms with Crippen molar-refractivity contribution in [3.63, 3.8) is 0 Å². The maximum atomic E-state index is 11.5. The fraction of sp³-hybridized carbons (Fsp3) is 0.222. The van der Waals surface area contributed by atoms with Crippen molar-refractivity contribution in [1.29, 1.82) is 0 Å². The van der Waals surface area contributed by atoms with Crippen molar-refractivity contribution in [2.75, 3.05) is 19.6 Å². The van der Waals surface area contributed by atoms with E-state index in [1.807, 2.05) is 30.3 Å². The van der Waals surface area contributed by atoms with E-state index in [-0.39, 0.29) is 5.75 Å². The number of para-hydroxylation sites is 1. The topological polar surface area (TPSA) is 78.9 Å². The third kappa shape index (κ3) is 3.18. The quantitative estimate of drug-likeness (QED) is 0.884. The van der Waals surface area contributed by atoms with Crippen LogP contribution in [-0.4, -0.2) is 41.4 Å². The van der Waals surface area contributed by atoms with Crippen LogP contribution >= 0.6 is 0 Å². The standard InChI is InChI=1S/C18H19N3O2/c19-17(23)14-6-2-1-5-13(14)9-11-21-12-10-20-18(21)15-7-3-4-8-16(15)22/h1-8,22H,9-12H2,(H2,19,23). The molecule has 0 fully saturated rings. The van der Waals surface area contributed by atoms with Gasteiger partial charge >= 0.3 is 0 Å². The Morgan fingerprint density at radius 3 is 2.70 bits per heavy atom. The summed E-state index contributed by atoms with van der Waals surface area (Å²) < 4.78 is 0. The highest BCUT2D eigenvalue weighted by molar-refractivity contribution is 6.02. The molecule has 3 rings (SSSR count). The number of hydrogen-bond donors (Lipinski definition) is 2. The summed E-state index contributed by atoms with van der Waals surface area (Å²) in [5.41, 5.74) is 7.67. The van der Waals surface area contributed by atoms with Crippen LogP contribution in [0.4, 0.5) is 0 Å². The van der Waals surface area contributed by atoms with Crippen LogP contribution in [0, 0.1) is 0 Å². The van der Waals surface area contributed by atoms with Gasteiger partial charge in [-0.05, 0) is 30.2 Å². The fourth-order valence-electron chi connectivity index (χ4n) is 2.85. The first-order valence-corrected chi connectivity index (χ1v) is 7.62. The van der Waals surface area contributed by atoms with Crippen LogP contribution in [0.3, 0.4) is 0 Å². The molecule has 1 heterocycles. The minimum atomic E-state index is -0.406. The summed E-state index contributed by atoms with van der Waals surface area (Å²) in [6.45, 7) is 2.24. The van der Waals surface area contributed by atoms with Gasteiger partial charge in [0.1, 0.15) is 11.6 Å². The molecule has 5 nitrogen and oxygen atoms in total. The average molecular weight is 309 g/mol. The number of nitrogens with two attached hydrogens (primary N) is 1. The summed E-state index contributed by atoms with van der Waals surface area (Å²) in [6, 6.07) is 14.6. The number of amidine groups is 1. The molecule has 23 heavy (non-hydrogen) atoms. The number of rotatable bonds is 5. The molecule has 0 saturated heterocycles. The Balaban J connectivity index is 1.75. The molecular formula is C18H19N3O2. The molecule has 0 bridgehead atoms. The molecule has 0 unspecified atom stereocenters. The van der Waals surface area contributed by atoms with Gasteiger partial charge in [0.25, 0.3) is 0 Å². The van der Waals surface area contributed by atoms with Gasteiger partial charge in [0.2, 0.25) is 5.91 Å². The smallest absolute Gasteiger partial charge is 0.248 e. The number of aliphatic imine (C=N–C) groups is 1. The van der Waals surface area contributed by atoms with E-state index in [2.05, 4.69) is 9.89 Å². The van der Waals surface area contributed by atoms with Gasteiger partial charge in [0, 0.05) is 18.7 Å². The van der Waals surface area contributed by atoms with Crippen molar-refractivity contribution in [3.8, 4) is 5.75 Å². The van der Waals surface area contributed by atoms with Gasteiger partial charge in [0.15, 0.2) is 0 Å². The zero-order valence-corrected chi connectivity index (χ0v) is 12.8. The van der Waals surface area contributed by atoms with E-state index in [1.54, 1.807) is 18.2 Å². The molecule has 0 saturated carbocycles. The third-order valence-electron chi connectivity index (χ3n) is 4.01. The Hall–Kier alpha value is -2.82. The van der Waals surface area contributed by atoms with Crippen molar-refractivity contribution in [2.24, 2.45) is 10.7 Å². The molecule has 0 spiro atoms. The van der Waals surface area contributed by atoms with E-state index >= 15 is 0 Å². The molecule has 1 aliphatic heterocycles. The lowest BCUT2D eigenvalue weighted by Gasteiger charge is -2.21. The van der Waals surface area contributed by atoms with Gasteiger partial charge in [-0.1, -0.05) is 30.3 Å². The maximum Gasteiger partial charge on any atom is 0.248 e. The van der Waals surface area contributed by atoms with E-state index in [9.17, 15) is 9.90 Å². The summed E-state index contributed by atoms with van der Waals surface area (Å²) in [4.78, 5) is 18.1. The predicted molar refractivity (Wildman–Crippen MR) is 89.7 cm³/mol. The van der Waals surface area contributed by atoms with E-state index in [4.69, 9.17) is 5.73 Å². The summed E-state index contributed by atoms with van der Waals surface area (Å²) >= 11 is 0. The van der Waals surface area contributed by atoms with E-state index in [0.29, 0.717) is 18.5 Å². The molecule has 2 aromatic rings. The van der Waals surface area contributed by atoms with Crippen molar-refractivity contribution in [1.82, 2.24) is 4.90 Å². The predicted octanol–water partition coefficient (Wildman–Crippen LogP) is 1.80. The van der Waals surface area contributed by atoms with Crippen molar-refractivity contribution in [2.45, 2.75) is 6.42 Å². The second kappa shape index (κ2) is 6.52. The molecule has 2 aromatic carbocycles. The van der Waals surface area contributed by atoms with E-state index in [1.165, 1.54) is 0 Å². The Morgan fingerprint density at radius 2 is 1.91 bits per heavy atom. The van der Waals surface area contributed by atoms with Crippen molar-refractivity contribution in [3.05, 3.63) is 65.2 Å². The molecule has 0 aromatic heterocycles. The van der Waals surface area contributed by atoms with Gasteiger partial charge in [-0.15, -0.1) is 0 Å². The number of hydrogen-bond acceptors (Lipinski definition) is 4. The lowest BCUT2D eigenvalue weighted by molar-refractivity contribution is 0.0999. The average Bonchev–Trinajstić information content (AvgIpc) is 3.02. The minimum Gasteiger partial charge on any atom is -0.507 e. The molecule has 0 aliphatic carbocycles. The number of phenolic OH excluding ortho intramolecular Hbond substituents is 1. The molecule has 0 radical (unpaired) electrons. The lowest BCUT2D eigenvalue weighted by atomic mass is 10.0. The number of phenols is 1. The summed E-state index contributed by atoms with van der Waals surface area (Å²) in [5, 5.41) is 10.0. The molecule has 0 atom stereocenters. The molecule has 3 N–H and O–H groups in total. The number of benzene rings is 2. The molecule has 5 heteroatoms. The lowest BCUT2D eigenvalue weighted by Crippen LogP contribution is -2.31. The Labute approximate surface area is 135 Å². The molecule has 118 valence electrons. The third-order valence-corrected chi connectivity index (χ3v) is 4.01. The highest BCUT2D eigenvalue weighted by Gasteiger charge is 2.21. The van der Waals surface area contributed by atoms with Crippen LogP contribution in [0.2, 0.25) is 0 Å². The van der Waals surface area contributed by atoms with Crippen LogP contribution < -0.4 is 5.73 Å². The zero-order valence-electron chi connectivity index (χ0n) is 12.8. The highest BCUT2D eigenvalue weighted by Crippen LogP contribution is 2.21. The van der Waals surface area contributed by atoms with Crippen LogP contribution in [0.1, 0.15) is 21.5 Å². The Bertz CT molecular complexity index is 755. The second-order valence-electron chi connectivity index (χ2n) is 5.48. The van der Waals surface area contributed by atoms with Gasteiger partial charge in [-0.3, -0.25) is 9.79 Å². The number of nitrogens with zero attached hydrogens (tertiary/aromatic N) is 2. The largest absolute Gasteiger partial charge is 0.507 e. The first-order valence-electron chi connectivity index (χ1n) is 7.62. The van der Waals surface area contributed by atoms with Gasteiger partial charge in [0.05, 0.1) is 12.1 Å². The number of aromatic hydroxyl groups is 1. The Morgan fingerprint density at radius 1 is 1.17 bits per heavy atom. The van der Waals surface area contributed by atoms with E-state index < -0.39 is 5.91 Å². The number of carbonyl (C=O) groups is 1. The number of carbonyl (C=O) groups excluding carboxylic acids is 1. The molecule has 1 aliphatic rings. The number of amides is 1. The number of primary amides is 1. The minimum absolute atomic E-state index is 0.232. The van der Waals surface area contributed by atoms with Crippen molar-refractivity contribution < 1.29 is 9.90 Å². The SMILES string of the molecule is NC(=O)c1ccccc1CCN1CCN=C1c1ccccc1O. The van der Waals surface area contributed by atoms with Crippen LogP contribution in [0.15, 0.2) is 53.5 Å². The van der Waals surface area contributed by atoms with E-state index in [0.717, 1.165) is 30.1 Å². The fourth-order valence-corrected chi connectivity index (χ4v) is 2.85. The second-order valence-corrected chi connectivity index (χ2v) is 5.48. The zero-order chi connectivity index (χ0) is 16.2. The highest BCUT2D eigenvalue weighted by atomic mass is 16.3. The summed E-state index contributed by atoms with van der Waals surface area (Å²) in [5.74, 6) is 0.631. The summed E-state index contributed by atoms with van der Waals surface area (Å²) in [6.07, 6.45) is 0.700. The van der Waals surface area contributed by atoms with Crippen molar-refractivity contribution >= 4 is 11.7 Å². The van der Waals surface area contributed by atoms with Crippen LogP contribution in [-0.2, 0) is 6.42 Å².